The molecule has 0 spiro atoms. The van der Waals surface area contributed by atoms with E-state index in [0.29, 0.717) is 0 Å². The Bertz CT molecular complexity index is 1030. The molecule has 1 aliphatic heterocycles. The topological polar surface area (TPSA) is 40.2 Å². The van der Waals surface area contributed by atoms with Gasteiger partial charge in [0.25, 0.3) is 0 Å². The van der Waals surface area contributed by atoms with Crippen molar-refractivity contribution in [2.75, 3.05) is 26.2 Å². The van der Waals surface area contributed by atoms with E-state index in [2.05, 4.69) is 58.1 Å². The van der Waals surface area contributed by atoms with Gasteiger partial charge in [-0.05, 0) is 49.4 Å². The summed E-state index contributed by atoms with van der Waals surface area (Å²) in [6.07, 6.45) is 0. The quantitative estimate of drug-likeness (QED) is 0.363. The van der Waals surface area contributed by atoms with Crippen molar-refractivity contribution in [3.8, 4) is 11.5 Å². The third-order valence-corrected chi connectivity index (χ3v) is 8.16. The van der Waals surface area contributed by atoms with Gasteiger partial charge in [0.1, 0.15) is 0 Å². The summed E-state index contributed by atoms with van der Waals surface area (Å²) in [5, 5.41) is 0.839. The SMILES string of the molecule is CO[Si](OC)(OC)c1ccc2c(c1)Oc1cc(Br)ccc1N2c1ccc(C)cc1. The fourth-order valence-corrected chi connectivity index (χ4v) is 5.69. The molecule has 0 aliphatic carbocycles. The minimum atomic E-state index is -2.97. The van der Waals surface area contributed by atoms with Gasteiger partial charge in [-0.15, -0.1) is 0 Å². The van der Waals surface area contributed by atoms with E-state index in [1.54, 1.807) is 21.3 Å². The minimum absolute atomic E-state index is 0.719. The number of benzene rings is 3. The summed E-state index contributed by atoms with van der Waals surface area (Å²) < 4.78 is 24.2. The maximum absolute atomic E-state index is 6.29. The van der Waals surface area contributed by atoms with Crippen LogP contribution in [0.25, 0.3) is 0 Å². The van der Waals surface area contributed by atoms with Gasteiger partial charge in [-0.3, -0.25) is 0 Å². The molecule has 7 heteroatoms. The Morgan fingerprint density at radius 2 is 1.38 bits per heavy atom. The number of rotatable bonds is 5. The van der Waals surface area contributed by atoms with E-state index in [9.17, 15) is 0 Å². The van der Waals surface area contributed by atoms with E-state index in [0.717, 1.165) is 38.2 Å². The van der Waals surface area contributed by atoms with Crippen LogP contribution in [0.1, 0.15) is 5.56 Å². The van der Waals surface area contributed by atoms with Crippen molar-refractivity contribution in [1.29, 1.82) is 0 Å². The molecule has 0 saturated heterocycles. The van der Waals surface area contributed by atoms with Crippen LogP contribution in [-0.2, 0) is 13.3 Å². The van der Waals surface area contributed by atoms with Crippen molar-refractivity contribution in [3.63, 3.8) is 0 Å². The first-order valence-corrected chi connectivity index (χ1v) is 11.7. The van der Waals surface area contributed by atoms with E-state index in [1.165, 1.54) is 5.56 Å². The summed E-state index contributed by atoms with van der Waals surface area (Å²) >= 11 is 3.54. The Morgan fingerprint density at radius 1 is 0.793 bits per heavy atom. The normalized spacial score (nSPS) is 12.9. The second-order valence-electron chi connectivity index (χ2n) is 6.74. The molecule has 0 saturated carbocycles. The van der Waals surface area contributed by atoms with Gasteiger partial charge >= 0.3 is 8.80 Å². The molecule has 0 N–H and O–H groups in total. The summed E-state index contributed by atoms with van der Waals surface area (Å²) in [5.41, 5.74) is 4.19. The average molecular weight is 472 g/mol. The van der Waals surface area contributed by atoms with E-state index >= 15 is 0 Å². The lowest BCUT2D eigenvalue weighted by Crippen LogP contribution is -2.54. The smallest absolute Gasteiger partial charge is 0.453 e. The van der Waals surface area contributed by atoms with Crippen LogP contribution >= 0.6 is 15.9 Å². The van der Waals surface area contributed by atoms with Crippen LogP contribution in [-0.4, -0.2) is 30.1 Å². The molecular weight excluding hydrogens is 450 g/mol. The predicted octanol–water partition coefficient (Wildman–Crippen LogP) is 5.42. The van der Waals surface area contributed by atoms with E-state index in [-0.39, 0.29) is 0 Å². The Morgan fingerprint density at radius 3 is 2.00 bits per heavy atom. The van der Waals surface area contributed by atoms with Gasteiger partial charge in [0.05, 0.1) is 11.4 Å². The highest BCUT2D eigenvalue weighted by molar-refractivity contribution is 9.10. The Balaban J connectivity index is 1.89. The zero-order chi connectivity index (χ0) is 20.6. The van der Waals surface area contributed by atoms with Gasteiger partial charge in [-0.2, -0.15) is 0 Å². The molecule has 0 atom stereocenters. The number of ether oxygens (including phenoxy) is 1. The average Bonchev–Trinajstić information content (AvgIpc) is 2.74. The molecule has 29 heavy (non-hydrogen) atoms. The number of hydrogen-bond acceptors (Lipinski definition) is 5. The van der Waals surface area contributed by atoms with Crippen molar-refractivity contribution in [3.05, 3.63) is 70.7 Å². The lowest BCUT2D eigenvalue weighted by atomic mass is 10.1. The van der Waals surface area contributed by atoms with Crippen molar-refractivity contribution in [2.45, 2.75) is 6.92 Å². The van der Waals surface area contributed by atoms with Gasteiger partial charge in [0.2, 0.25) is 0 Å². The van der Waals surface area contributed by atoms with Gasteiger partial charge in [0, 0.05) is 36.7 Å². The van der Waals surface area contributed by atoms with Gasteiger partial charge in [-0.1, -0.05) is 39.7 Å². The van der Waals surface area contributed by atoms with Crippen LogP contribution in [0, 0.1) is 6.92 Å². The molecule has 3 aromatic carbocycles. The lowest BCUT2D eigenvalue weighted by molar-refractivity contribution is 0.140. The highest BCUT2D eigenvalue weighted by Crippen LogP contribution is 2.50. The van der Waals surface area contributed by atoms with Crippen LogP contribution in [0.2, 0.25) is 0 Å². The molecule has 5 nitrogen and oxygen atoms in total. The molecular formula is C22H22BrNO4Si. The maximum Gasteiger partial charge on any atom is 0.536 e. The van der Waals surface area contributed by atoms with Crippen molar-refractivity contribution < 1.29 is 18.0 Å². The summed E-state index contributed by atoms with van der Waals surface area (Å²) in [4.78, 5) is 2.19. The fourth-order valence-electron chi connectivity index (χ4n) is 3.55. The number of anilines is 3. The molecule has 3 aromatic rings. The van der Waals surface area contributed by atoms with Crippen LogP contribution < -0.4 is 14.8 Å². The molecule has 1 aliphatic rings. The van der Waals surface area contributed by atoms with Crippen LogP contribution in [0.5, 0.6) is 11.5 Å². The van der Waals surface area contributed by atoms with Crippen molar-refractivity contribution >= 4 is 47.0 Å². The zero-order valence-corrected chi connectivity index (χ0v) is 19.3. The molecule has 0 radical (unpaired) electrons. The van der Waals surface area contributed by atoms with Crippen LogP contribution in [0.4, 0.5) is 17.1 Å². The van der Waals surface area contributed by atoms with Gasteiger partial charge < -0.3 is 22.9 Å². The Kier molecular flexibility index (Phi) is 5.50. The van der Waals surface area contributed by atoms with Gasteiger partial charge in [-0.25, -0.2) is 0 Å². The summed E-state index contributed by atoms with van der Waals surface area (Å²) in [5.74, 6) is 1.49. The third-order valence-electron chi connectivity index (χ3n) is 5.04. The van der Waals surface area contributed by atoms with Gasteiger partial charge in [0.15, 0.2) is 11.5 Å². The third kappa shape index (κ3) is 3.49. The highest BCUT2D eigenvalue weighted by Gasteiger charge is 2.42. The largest absolute Gasteiger partial charge is 0.536 e. The van der Waals surface area contributed by atoms with Crippen LogP contribution in [0.3, 0.4) is 0 Å². The molecule has 0 unspecified atom stereocenters. The zero-order valence-electron chi connectivity index (χ0n) is 16.7. The van der Waals surface area contributed by atoms with E-state index in [4.69, 9.17) is 18.0 Å². The standard InChI is InChI=1S/C22H22BrNO4Si/c1-15-5-8-17(9-6-15)24-19-11-7-16(23)13-21(19)28-22-14-18(10-12-20(22)24)29(25-2,26-3)27-4/h5-14H,1-4H3. The number of halogens is 1. The number of fused-ring (bicyclic) bond motifs is 2. The molecule has 0 aromatic heterocycles. The maximum atomic E-state index is 6.29. The molecule has 0 amide bonds. The fraction of sp³-hybridized carbons (Fsp3) is 0.182. The van der Waals surface area contributed by atoms with E-state index < -0.39 is 8.80 Å². The molecule has 150 valence electrons. The summed E-state index contributed by atoms with van der Waals surface area (Å²) in [6.45, 7) is 2.08. The number of aryl methyl sites for hydroxylation is 1. The molecule has 0 fully saturated rings. The molecule has 1 heterocycles. The first kappa shape index (κ1) is 20.1. The second kappa shape index (κ2) is 7.93. The van der Waals surface area contributed by atoms with Crippen LogP contribution in [0.15, 0.2) is 65.1 Å². The monoisotopic (exact) mass is 471 g/mol. The molecule has 0 bridgehead atoms. The number of nitrogens with zero attached hydrogens (tertiary/aromatic N) is 1. The van der Waals surface area contributed by atoms with Crippen molar-refractivity contribution in [1.82, 2.24) is 0 Å². The highest BCUT2D eigenvalue weighted by atomic mass is 79.9. The Labute approximate surface area is 180 Å². The first-order valence-electron chi connectivity index (χ1n) is 9.15. The van der Waals surface area contributed by atoms with E-state index in [1.807, 2.05) is 30.3 Å². The predicted molar refractivity (Wildman–Crippen MR) is 120 cm³/mol. The first-order chi connectivity index (χ1) is 14.0. The summed E-state index contributed by atoms with van der Waals surface area (Å²) in [7, 11) is 1.83. The lowest BCUT2D eigenvalue weighted by Gasteiger charge is -2.34. The Hall–Kier alpha value is -2.16. The minimum Gasteiger partial charge on any atom is -0.453 e. The second-order valence-corrected chi connectivity index (χ2v) is 10.6. The van der Waals surface area contributed by atoms with Crippen molar-refractivity contribution in [2.24, 2.45) is 0 Å². The summed E-state index contributed by atoms with van der Waals surface area (Å²) in [6, 6.07) is 20.4. The molecule has 4 rings (SSSR count). The number of hydrogen-bond donors (Lipinski definition) is 0.